The molecular weight excluding hydrogens is 254 g/mol. The molecule has 0 aliphatic carbocycles. The van der Waals surface area contributed by atoms with Gasteiger partial charge in [0.2, 0.25) is 0 Å². The van der Waals surface area contributed by atoms with Crippen LogP contribution in [0.25, 0.3) is 0 Å². The molecule has 0 spiro atoms. The molecule has 1 unspecified atom stereocenters. The maximum absolute atomic E-state index is 11.9. The summed E-state index contributed by atoms with van der Waals surface area (Å²) in [6.07, 6.45) is -0.326. The lowest BCUT2D eigenvalue weighted by Crippen LogP contribution is -2.34. The molecule has 4 heteroatoms. The molecular formula is C16H25NO3. The van der Waals surface area contributed by atoms with E-state index in [1.807, 2.05) is 39.8 Å². The number of carbonyl (C=O) groups is 1. The quantitative estimate of drug-likeness (QED) is 0.805. The predicted octanol–water partition coefficient (Wildman–Crippen LogP) is 2.36. The molecule has 0 aromatic heterocycles. The highest BCUT2D eigenvalue weighted by molar-refractivity contribution is 5.94. The van der Waals surface area contributed by atoms with E-state index in [9.17, 15) is 9.90 Å². The fraction of sp³-hybridized carbons (Fsp3) is 0.562. The van der Waals surface area contributed by atoms with E-state index in [1.54, 1.807) is 12.1 Å². The molecule has 4 nitrogen and oxygen atoms in total. The summed E-state index contributed by atoms with van der Waals surface area (Å²) in [6.45, 7) is 8.63. The summed E-state index contributed by atoms with van der Waals surface area (Å²) < 4.78 is 5.50. The monoisotopic (exact) mass is 279 g/mol. The van der Waals surface area contributed by atoms with Crippen LogP contribution >= 0.6 is 0 Å². The zero-order valence-corrected chi connectivity index (χ0v) is 12.7. The van der Waals surface area contributed by atoms with Gasteiger partial charge in [-0.3, -0.25) is 4.79 Å². The molecule has 1 aromatic carbocycles. The number of ether oxygens (including phenoxy) is 1. The Kier molecular flexibility index (Phi) is 6.68. The number of benzene rings is 1. The standard InChI is InChI=1S/C16H25NO3/c1-11(2)15(18)9-17-16(19)14-7-5-13(6-8-14)10-20-12(3)4/h5-8,11-12,15,18H,9-10H2,1-4H3,(H,17,19). The van der Waals surface area contributed by atoms with Crippen molar-refractivity contribution in [3.63, 3.8) is 0 Å². The topological polar surface area (TPSA) is 58.6 Å². The van der Waals surface area contributed by atoms with Crippen molar-refractivity contribution in [3.8, 4) is 0 Å². The number of carbonyl (C=O) groups excluding carboxylic acids is 1. The van der Waals surface area contributed by atoms with Crippen LogP contribution in [0.15, 0.2) is 24.3 Å². The van der Waals surface area contributed by atoms with Gasteiger partial charge >= 0.3 is 0 Å². The van der Waals surface area contributed by atoms with Gasteiger partial charge in [0.05, 0.1) is 18.8 Å². The predicted molar refractivity (Wildman–Crippen MR) is 79.5 cm³/mol. The van der Waals surface area contributed by atoms with Crippen molar-refractivity contribution in [2.24, 2.45) is 5.92 Å². The van der Waals surface area contributed by atoms with Gasteiger partial charge in [-0.1, -0.05) is 26.0 Å². The van der Waals surface area contributed by atoms with Crippen molar-refractivity contribution >= 4 is 5.91 Å². The van der Waals surface area contributed by atoms with Crippen molar-refractivity contribution in [3.05, 3.63) is 35.4 Å². The normalized spacial score (nSPS) is 12.8. The molecule has 0 radical (unpaired) electrons. The number of hydrogen-bond donors (Lipinski definition) is 2. The van der Waals surface area contributed by atoms with E-state index in [1.165, 1.54) is 0 Å². The number of rotatable bonds is 7. The van der Waals surface area contributed by atoms with Crippen molar-refractivity contribution in [2.45, 2.75) is 46.5 Å². The van der Waals surface area contributed by atoms with Crippen LogP contribution in [-0.2, 0) is 11.3 Å². The maximum atomic E-state index is 11.9. The Morgan fingerprint density at radius 1 is 1.20 bits per heavy atom. The van der Waals surface area contributed by atoms with E-state index >= 15 is 0 Å². The average Bonchev–Trinajstić information content (AvgIpc) is 2.42. The Labute approximate surface area is 121 Å². The highest BCUT2D eigenvalue weighted by Gasteiger charge is 2.11. The second-order valence-corrected chi connectivity index (χ2v) is 5.58. The van der Waals surface area contributed by atoms with E-state index in [0.717, 1.165) is 5.56 Å². The first-order chi connectivity index (χ1) is 9.40. The minimum Gasteiger partial charge on any atom is -0.391 e. The van der Waals surface area contributed by atoms with Crippen molar-refractivity contribution in [2.75, 3.05) is 6.54 Å². The van der Waals surface area contributed by atoms with Crippen molar-refractivity contribution in [1.29, 1.82) is 0 Å². The molecule has 0 aliphatic rings. The van der Waals surface area contributed by atoms with Crippen LogP contribution in [0.5, 0.6) is 0 Å². The zero-order valence-electron chi connectivity index (χ0n) is 12.7. The van der Waals surface area contributed by atoms with E-state index in [0.29, 0.717) is 12.2 Å². The number of hydrogen-bond acceptors (Lipinski definition) is 3. The highest BCUT2D eigenvalue weighted by Crippen LogP contribution is 2.07. The van der Waals surface area contributed by atoms with Gasteiger partial charge in [0.1, 0.15) is 0 Å². The minimum atomic E-state index is -0.516. The van der Waals surface area contributed by atoms with Gasteiger partial charge in [-0.2, -0.15) is 0 Å². The van der Waals surface area contributed by atoms with E-state index in [-0.39, 0.29) is 24.5 Å². The van der Waals surface area contributed by atoms with E-state index in [4.69, 9.17) is 4.74 Å². The molecule has 112 valence electrons. The van der Waals surface area contributed by atoms with Crippen LogP contribution in [0.4, 0.5) is 0 Å². The van der Waals surface area contributed by atoms with Crippen LogP contribution in [0.1, 0.15) is 43.6 Å². The van der Waals surface area contributed by atoms with Crippen LogP contribution in [-0.4, -0.2) is 29.8 Å². The highest BCUT2D eigenvalue weighted by atomic mass is 16.5. The van der Waals surface area contributed by atoms with E-state index < -0.39 is 6.10 Å². The first-order valence-electron chi connectivity index (χ1n) is 7.07. The molecule has 0 aliphatic heterocycles. The Morgan fingerprint density at radius 3 is 2.30 bits per heavy atom. The molecule has 1 amide bonds. The zero-order chi connectivity index (χ0) is 15.1. The Hall–Kier alpha value is -1.39. The fourth-order valence-corrected chi connectivity index (χ4v) is 1.55. The second-order valence-electron chi connectivity index (χ2n) is 5.58. The lowest BCUT2D eigenvalue weighted by atomic mass is 10.1. The van der Waals surface area contributed by atoms with Gasteiger partial charge in [0, 0.05) is 12.1 Å². The number of aliphatic hydroxyl groups is 1. The second kappa shape index (κ2) is 8.02. The molecule has 1 rings (SSSR count). The van der Waals surface area contributed by atoms with Gasteiger partial charge in [-0.15, -0.1) is 0 Å². The first-order valence-corrected chi connectivity index (χ1v) is 7.07. The van der Waals surface area contributed by atoms with Crippen LogP contribution in [0.2, 0.25) is 0 Å². The molecule has 0 saturated carbocycles. The van der Waals surface area contributed by atoms with Crippen molar-refractivity contribution < 1.29 is 14.6 Å². The number of aliphatic hydroxyl groups excluding tert-OH is 1. The fourth-order valence-electron chi connectivity index (χ4n) is 1.55. The van der Waals surface area contributed by atoms with Gasteiger partial charge in [0.15, 0.2) is 0 Å². The van der Waals surface area contributed by atoms with Gasteiger partial charge < -0.3 is 15.2 Å². The van der Waals surface area contributed by atoms with Crippen LogP contribution in [0, 0.1) is 5.92 Å². The summed E-state index contributed by atoms with van der Waals surface area (Å²) in [7, 11) is 0. The average molecular weight is 279 g/mol. The Bertz CT molecular complexity index is 412. The van der Waals surface area contributed by atoms with Gasteiger partial charge in [0.25, 0.3) is 5.91 Å². The third kappa shape index (κ3) is 5.72. The molecule has 1 aromatic rings. The SMILES string of the molecule is CC(C)OCc1ccc(C(=O)NCC(O)C(C)C)cc1. The first kappa shape index (κ1) is 16.7. The lowest BCUT2D eigenvalue weighted by Gasteiger charge is -2.15. The molecule has 1 atom stereocenters. The van der Waals surface area contributed by atoms with Crippen LogP contribution in [0.3, 0.4) is 0 Å². The summed E-state index contributed by atoms with van der Waals surface area (Å²) in [6, 6.07) is 7.32. The summed E-state index contributed by atoms with van der Waals surface area (Å²) >= 11 is 0. The van der Waals surface area contributed by atoms with Gasteiger partial charge in [-0.05, 0) is 37.5 Å². The molecule has 0 saturated heterocycles. The third-order valence-corrected chi connectivity index (χ3v) is 3.04. The van der Waals surface area contributed by atoms with Crippen LogP contribution < -0.4 is 5.32 Å². The smallest absolute Gasteiger partial charge is 0.251 e. The molecule has 0 heterocycles. The summed E-state index contributed by atoms with van der Waals surface area (Å²) in [5, 5.41) is 12.4. The Morgan fingerprint density at radius 2 is 1.80 bits per heavy atom. The molecule has 2 N–H and O–H groups in total. The summed E-state index contributed by atoms with van der Waals surface area (Å²) in [4.78, 5) is 11.9. The summed E-state index contributed by atoms with van der Waals surface area (Å²) in [5.74, 6) is -0.0353. The molecule has 20 heavy (non-hydrogen) atoms. The van der Waals surface area contributed by atoms with Gasteiger partial charge in [-0.25, -0.2) is 0 Å². The third-order valence-electron chi connectivity index (χ3n) is 3.04. The Balaban J connectivity index is 2.49. The summed E-state index contributed by atoms with van der Waals surface area (Å²) in [5.41, 5.74) is 1.63. The molecule has 0 fully saturated rings. The number of nitrogens with one attached hydrogen (secondary N) is 1. The maximum Gasteiger partial charge on any atom is 0.251 e. The molecule has 0 bridgehead atoms. The minimum absolute atomic E-state index is 0.130. The number of amides is 1. The largest absolute Gasteiger partial charge is 0.391 e. The lowest BCUT2D eigenvalue weighted by molar-refractivity contribution is 0.0656. The van der Waals surface area contributed by atoms with E-state index in [2.05, 4.69) is 5.32 Å². The van der Waals surface area contributed by atoms with Crippen molar-refractivity contribution in [1.82, 2.24) is 5.32 Å².